The van der Waals surface area contributed by atoms with Crippen LogP contribution in [0.1, 0.15) is 5.56 Å². The topological polar surface area (TPSA) is 156 Å². The van der Waals surface area contributed by atoms with Crippen LogP contribution in [0.25, 0.3) is 0 Å². The zero-order valence-corrected chi connectivity index (χ0v) is 10.6. The molecule has 0 saturated carbocycles. The number of hydrogen-bond acceptors (Lipinski definition) is 6. The van der Waals surface area contributed by atoms with Gasteiger partial charge in [-0.2, -0.15) is 8.42 Å². The van der Waals surface area contributed by atoms with E-state index in [1.807, 2.05) is 0 Å². The van der Waals surface area contributed by atoms with E-state index in [4.69, 9.17) is 9.66 Å². The van der Waals surface area contributed by atoms with Crippen molar-refractivity contribution in [2.24, 2.45) is 0 Å². The second-order valence-corrected chi connectivity index (χ2v) is 4.66. The number of nitrogens with zero attached hydrogens (tertiary/aromatic N) is 1. The van der Waals surface area contributed by atoms with Gasteiger partial charge in [-0.1, -0.05) is 12.1 Å². The second kappa shape index (κ2) is 6.16. The smallest absolute Gasteiger partial charge is 0.446 e. The normalized spacial score (nSPS) is 12.4. The van der Waals surface area contributed by atoms with Crippen LogP contribution in [0.2, 0.25) is 0 Å². The highest BCUT2D eigenvalue weighted by Gasteiger charge is 2.22. The first-order chi connectivity index (χ1) is 9.17. The van der Waals surface area contributed by atoms with E-state index in [9.17, 15) is 23.3 Å². The number of benzene rings is 1. The molecule has 0 aromatic heterocycles. The van der Waals surface area contributed by atoms with Crippen LogP contribution in [-0.2, 0) is 21.6 Å². The molecular weight excluding hydrogens is 296 g/mol. The van der Waals surface area contributed by atoms with E-state index in [0.29, 0.717) is 5.56 Å². The van der Waals surface area contributed by atoms with Crippen molar-refractivity contribution in [1.82, 2.24) is 5.43 Å². The van der Waals surface area contributed by atoms with Crippen molar-refractivity contribution in [1.29, 1.82) is 0 Å². The van der Waals surface area contributed by atoms with Crippen LogP contribution in [0.15, 0.2) is 24.3 Å². The summed E-state index contributed by atoms with van der Waals surface area (Å²) in [5.74, 6) is -1.58. The van der Waals surface area contributed by atoms with Crippen LogP contribution in [0.4, 0.5) is 0 Å². The van der Waals surface area contributed by atoms with Crippen molar-refractivity contribution in [3.8, 4) is 5.75 Å². The summed E-state index contributed by atoms with van der Waals surface area (Å²) >= 11 is 0. The standard InChI is InChI=1S/C9H10N2O8S/c12-9(13)8(10-11(14)15)5-6-1-3-7(4-2-6)19-20(16,17)18/h1-4,8,10H,5H2,(H,12,13)(H,16,17,18)/t8-/m0/s1. The van der Waals surface area contributed by atoms with Gasteiger partial charge in [-0.3, -0.25) is 4.55 Å². The molecule has 0 amide bonds. The Balaban J connectivity index is 2.77. The Kier molecular flexibility index (Phi) is 4.83. The minimum Gasteiger partial charge on any atom is -0.480 e. The summed E-state index contributed by atoms with van der Waals surface area (Å²) < 4.78 is 33.5. The van der Waals surface area contributed by atoms with Crippen molar-refractivity contribution in [2.75, 3.05) is 0 Å². The Hall–Kier alpha value is -2.40. The second-order valence-electron chi connectivity index (χ2n) is 3.64. The molecule has 3 N–H and O–H groups in total. The van der Waals surface area contributed by atoms with Gasteiger partial charge in [0.2, 0.25) is 0 Å². The molecule has 0 spiro atoms. The highest BCUT2D eigenvalue weighted by Crippen LogP contribution is 2.15. The molecule has 1 atom stereocenters. The van der Waals surface area contributed by atoms with Gasteiger partial charge < -0.3 is 9.29 Å². The molecule has 11 heteroatoms. The molecule has 0 fully saturated rings. The van der Waals surface area contributed by atoms with Gasteiger partial charge in [0.1, 0.15) is 5.75 Å². The number of carbonyl (C=O) groups is 1. The van der Waals surface area contributed by atoms with E-state index >= 15 is 0 Å². The van der Waals surface area contributed by atoms with Gasteiger partial charge in [0, 0.05) is 6.42 Å². The van der Waals surface area contributed by atoms with Crippen molar-refractivity contribution in [3.63, 3.8) is 0 Å². The van der Waals surface area contributed by atoms with Gasteiger partial charge in [0.05, 0.1) is 0 Å². The predicted octanol–water partition coefficient (Wildman–Crippen LogP) is -0.355. The zero-order valence-electron chi connectivity index (χ0n) is 9.79. The van der Waals surface area contributed by atoms with Crippen LogP contribution >= 0.6 is 0 Å². The van der Waals surface area contributed by atoms with Gasteiger partial charge in [-0.05, 0) is 17.7 Å². The van der Waals surface area contributed by atoms with E-state index in [2.05, 4.69) is 4.18 Å². The number of nitro groups is 1. The van der Waals surface area contributed by atoms with Crippen molar-refractivity contribution in [2.45, 2.75) is 12.5 Å². The third kappa shape index (κ3) is 5.49. The summed E-state index contributed by atoms with van der Waals surface area (Å²) in [6, 6.07) is 3.55. The highest BCUT2D eigenvalue weighted by atomic mass is 32.3. The lowest BCUT2D eigenvalue weighted by Crippen LogP contribution is -2.41. The Morgan fingerprint density at radius 2 is 1.95 bits per heavy atom. The molecule has 20 heavy (non-hydrogen) atoms. The summed E-state index contributed by atoms with van der Waals surface area (Å²) in [5.41, 5.74) is 2.03. The maximum Gasteiger partial charge on any atom is 0.446 e. The molecule has 0 aliphatic heterocycles. The van der Waals surface area contributed by atoms with Crippen LogP contribution in [-0.4, -0.2) is 35.1 Å². The third-order valence-corrected chi connectivity index (χ3v) is 2.53. The average Bonchev–Trinajstić information content (AvgIpc) is 2.28. The van der Waals surface area contributed by atoms with Gasteiger partial charge in [0.25, 0.3) is 0 Å². The first-order valence-corrected chi connectivity index (χ1v) is 6.43. The quantitative estimate of drug-likeness (QED) is 0.348. The van der Waals surface area contributed by atoms with Gasteiger partial charge in [-0.25, -0.2) is 14.9 Å². The van der Waals surface area contributed by atoms with Crippen LogP contribution in [0, 0.1) is 10.1 Å². The van der Waals surface area contributed by atoms with E-state index < -0.39 is 27.4 Å². The van der Waals surface area contributed by atoms with Crippen LogP contribution < -0.4 is 9.61 Å². The van der Waals surface area contributed by atoms with Crippen LogP contribution in [0.5, 0.6) is 5.75 Å². The third-order valence-electron chi connectivity index (χ3n) is 2.12. The molecule has 1 rings (SSSR count). The molecule has 1 aromatic rings. The Morgan fingerprint density at radius 3 is 2.35 bits per heavy atom. The molecule has 0 aliphatic carbocycles. The molecule has 0 radical (unpaired) electrons. The van der Waals surface area contributed by atoms with E-state index in [-0.39, 0.29) is 12.2 Å². The fourth-order valence-electron chi connectivity index (χ4n) is 1.35. The lowest BCUT2D eigenvalue weighted by Gasteiger charge is -2.09. The minimum absolute atomic E-state index is 0.176. The van der Waals surface area contributed by atoms with E-state index in [1.54, 1.807) is 5.43 Å². The molecule has 1 aromatic carbocycles. The summed E-state index contributed by atoms with van der Waals surface area (Å²) in [7, 11) is -4.64. The Morgan fingerprint density at radius 1 is 1.40 bits per heavy atom. The Labute approximate surface area is 113 Å². The molecule has 110 valence electrons. The monoisotopic (exact) mass is 306 g/mol. The van der Waals surface area contributed by atoms with Crippen LogP contribution in [0.3, 0.4) is 0 Å². The molecule has 0 heterocycles. The van der Waals surface area contributed by atoms with E-state index in [1.165, 1.54) is 24.3 Å². The lowest BCUT2D eigenvalue weighted by atomic mass is 10.1. The molecular formula is C9H10N2O8S. The summed E-state index contributed by atoms with van der Waals surface area (Å²) in [5, 5.41) is 18.1. The summed E-state index contributed by atoms with van der Waals surface area (Å²) in [4.78, 5) is 21.0. The van der Waals surface area contributed by atoms with Crippen molar-refractivity contribution < 1.29 is 32.1 Å². The molecule has 0 aliphatic rings. The van der Waals surface area contributed by atoms with E-state index in [0.717, 1.165) is 0 Å². The first-order valence-electron chi connectivity index (χ1n) is 5.06. The average molecular weight is 306 g/mol. The summed E-state index contributed by atoms with van der Waals surface area (Å²) in [6.45, 7) is 0. The number of hydrogen-bond donors (Lipinski definition) is 3. The number of nitrogens with one attached hydrogen (secondary N) is 1. The molecule has 0 unspecified atom stereocenters. The number of rotatable bonds is 7. The predicted molar refractivity (Wildman–Crippen MR) is 63.9 cm³/mol. The zero-order chi connectivity index (χ0) is 15.3. The fourth-order valence-corrected chi connectivity index (χ4v) is 1.71. The number of aliphatic carboxylic acids is 1. The molecule has 0 bridgehead atoms. The first kappa shape index (κ1) is 15.7. The fraction of sp³-hybridized carbons (Fsp3) is 0.222. The maximum atomic E-state index is 10.8. The molecule has 10 nitrogen and oxygen atoms in total. The summed E-state index contributed by atoms with van der Waals surface area (Å²) in [6.07, 6.45) is -0.192. The SMILES string of the molecule is O=C(O)[C@H](Cc1ccc(OS(=O)(=O)O)cc1)N[N+](=O)[O-]. The largest absolute Gasteiger partial charge is 0.480 e. The lowest BCUT2D eigenvalue weighted by molar-refractivity contribution is -0.548. The molecule has 0 saturated heterocycles. The maximum absolute atomic E-state index is 10.8. The van der Waals surface area contributed by atoms with Gasteiger partial charge in [0.15, 0.2) is 11.1 Å². The van der Waals surface area contributed by atoms with Crippen molar-refractivity contribution in [3.05, 3.63) is 39.9 Å². The number of hydrazine groups is 1. The van der Waals surface area contributed by atoms with Crippen molar-refractivity contribution >= 4 is 16.4 Å². The highest BCUT2D eigenvalue weighted by molar-refractivity contribution is 7.81. The van der Waals surface area contributed by atoms with Gasteiger partial charge in [-0.15, -0.1) is 5.43 Å². The van der Waals surface area contributed by atoms with Gasteiger partial charge >= 0.3 is 16.4 Å². The number of carboxylic acids is 1. The Bertz CT molecular complexity index is 597. The minimum atomic E-state index is -4.64. The number of carboxylic acid groups (broad SMARTS) is 1.